The molecule has 3 N–H and O–H groups in total. The molecule has 0 aliphatic rings. The molecule has 0 aliphatic carbocycles. The molecule has 0 heterocycles. The first-order valence-corrected chi connectivity index (χ1v) is 4.76. The molecule has 13 heavy (non-hydrogen) atoms. The predicted octanol–water partition coefficient (Wildman–Crippen LogP) is 1.95. The van der Waals surface area contributed by atoms with Gasteiger partial charge in [-0.05, 0) is 45.0 Å². The van der Waals surface area contributed by atoms with E-state index in [1.54, 1.807) is 0 Å². The lowest BCUT2D eigenvalue weighted by atomic mass is 10.1. The van der Waals surface area contributed by atoms with Crippen LogP contribution in [0.5, 0.6) is 0 Å². The third-order valence-electron chi connectivity index (χ3n) is 1.80. The van der Waals surface area contributed by atoms with Gasteiger partial charge in [0.15, 0.2) is 0 Å². The van der Waals surface area contributed by atoms with Crippen LogP contribution < -0.4 is 11.1 Å². The number of hydrogen-bond donors (Lipinski definition) is 2. The molecular weight excluding hydrogens is 160 g/mol. The zero-order valence-corrected chi connectivity index (χ0v) is 8.42. The van der Waals surface area contributed by atoms with Crippen LogP contribution in [-0.4, -0.2) is 12.6 Å². The zero-order chi connectivity index (χ0) is 9.94. The molecule has 0 aromatic rings. The quantitative estimate of drug-likeness (QED) is 0.588. The lowest BCUT2D eigenvalue weighted by Crippen LogP contribution is -2.24. The van der Waals surface area contributed by atoms with Gasteiger partial charge in [-0.15, -0.1) is 5.73 Å². The minimum Gasteiger partial charge on any atom is -0.388 e. The fraction of sp³-hybridized carbons (Fsp3) is 0.545. The van der Waals surface area contributed by atoms with Crippen LogP contribution in [0.3, 0.4) is 0 Å². The highest BCUT2D eigenvalue weighted by molar-refractivity contribution is 4.86. The van der Waals surface area contributed by atoms with Crippen molar-refractivity contribution in [3.63, 3.8) is 0 Å². The smallest absolute Gasteiger partial charge is 0.0296 e. The van der Waals surface area contributed by atoms with Crippen molar-refractivity contribution in [2.45, 2.75) is 32.2 Å². The summed E-state index contributed by atoms with van der Waals surface area (Å²) in [5.74, 6) is 0. The van der Waals surface area contributed by atoms with Crippen molar-refractivity contribution in [2.24, 2.45) is 5.73 Å². The van der Waals surface area contributed by atoms with Crippen molar-refractivity contribution in [1.29, 1.82) is 0 Å². The standard InChI is InChI=1S/C11H20N2/c1-3-5-7-11(8-6-9-12)13-10-4-2/h4-5,10-11,13H,1,6-9,12H2,2H3/b10-4-. The summed E-state index contributed by atoms with van der Waals surface area (Å²) in [5, 5.41) is 3.30. The van der Waals surface area contributed by atoms with Gasteiger partial charge in [0.2, 0.25) is 0 Å². The Morgan fingerprint density at radius 1 is 1.62 bits per heavy atom. The van der Waals surface area contributed by atoms with E-state index in [9.17, 15) is 0 Å². The van der Waals surface area contributed by atoms with Crippen LogP contribution >= 0.6 is 0 Å². The van der Waals surface area contributed by atoms with E-state index in [0.29, 0.717) is 6.04 Å². The molecule has 1 atom stereocenters. The molecule has 0 fully saturated rings. The zero-order valence-electron chi connectivity index (χ0n) is 8.42. The van der Waals surface area contributed by atoms with Crippen molar-refractivity contribution in [1.82, 2.24) is 5.32 Å². The van der Waals surface area contributed by atoms with Crippen molar-refractivity contribution in [3.8, 4) is 0 Å². The molecule has 2 nitrogen and oxygen atoms in total. The van der Waals surface area contributed by atoms with Crippen LogP contribution in [0.2, 0.25) is 0 Å². The molecule has 0 aliphatic heterocycles. The summed E-state index contributed by atoms with van der Waals surface area (Å²) in [7, 11) is 0. The van der Waals surface area contributed by atoms with Gasteiger partial charge in [0.25, 0.3) is 0 Å². The van der Waals surface area contributed by atoms with Crippen molar-refractivity contribution in [3.05, 3.63) is 30.7 Å². The van der Waals surface area contributed by atoms with E-state index in [1.165, 1.54) is 0 Å². The lowest BCUT2D eigenvalue weighted by Gasteiger charge is -2.14. The van der Waals surface area contributed by atoms with Gasteiger partial charge in [-0.25, -0.2) is 0 Å². The fourth-order valence-corrected chi connectivity index (χ4v) is 1.09. The summed E-state index contributed by atoms with van der Waals surface area (Å²) in [4.78, 5) is 0. The van der Waals surface area contributed by atoms with Gasteiger partial charge in [-0.1, -0.05) is 12.7 Å². The molecule has 0 rings (SSSR count). The predicted molar refractivity (Wildman–Crippen MR) is 58.4 cm³/mol. The van der Waals surface area contributed by atoms with E-state index in [1.807, 2.05) is 25.3 Å². The second-order valence-electron chi connectivity index (χ2n) is 2.94. The molecular formula is C11H20N2. The first kappa shape index (κ1) is 12.0. The number of rotatable bonds is 7. The van der Waals surface area contributed by atoms with Gasteiger partial charge in [-0.2, -0.15) is 0 Å². The van der Waals surface area contributed by atoms with Crippen molar-refractivity contribution in [2.75, 3.05) is 6.54 Å². The van der Waals surface area contributed by atoms with Crippen LogP contribution in [0.15, 0.2) is 30.7 Å². The monoisotopic (exact) mass is 180 g/mol. The highest BCUT2D eigenvalue weighted by Gasteiger charge is 2.02. The molecule has 0 radical (unpaired) electrons. The Morgan fingerprint density at radius 2 is 2.38 bits per heavy atom. The molecule has 0 saturated carbocycles. The third-order valence-corrected chi connectivity index (χ3v) is 1.80. The summed E-state index contributed by atoms with van der Waals surface area (Å²) in [6.07, 6.45) is 9.04. The second-order valence-corrected chi connectivity index (χ2v) is 2.94. The van der Waals surface area contributed by atoms with Gasteiger partial charge < -0.3 is 11.1 Å². The topological polar surface area (TPSA) is 38.0 Å². The molecule has 2 heteroatoms. The van der Waals surface area contributed by atoms with E-state index in [2.05, 4.69) is 17.6 Å². The Balaban J connectivity index is 3.78. The molecule has 0 bridgehead atoms. The van der Waals surface area contributed by atoms with Gasteiger partial charge in [0.1, 0.15) is 0 Å². The first-order valence-electron chi connectivity index (χ1n) is 4.76. The number of nitrogens with one attached hydrogen (secondary N) is 1. The average Bonchev–Trinajstić information content (AvgIpc) is 2.17. The molecule has 0 aromatic carbocycles. The van der Waals surface area contributed by atoms with E-state index >= 15 is 0 Å². The van der Waals surface area contributed by atoms with Gasteiger partial charge in [0.05, 0.1) is 0 Å². The maximum absolute atomic E-state index is 5.45. The number of allylic oxidation sites excluding steroid dienone is 1. The second kappa shape index (κ2) is 9.11. The van der Waals surface area contributed by atoms with Crippen molar-refractivity contribution < 1.29 is 0 Å². The van der Waals surface area contributed by atoms with Crippen LogP contribution in [-0.2, 0) is 0 Å². The minimum absolute atomic E-state index is 0.467. The molecule has 0 saturated heterocycles. The van der Waals surface area contributed by atoms with E-state index in [4.69, 9.17) is 5.73 Å². The summed E-state index contributed by atoms with van der Waals surface area (Å²) in [6.45, 7) is 6.29. The van der Waals surface area contributed by atoms with Crippen LogP contribution in [0.25, 0.3) is 0 Å². The Hall–Kier alpha value is -0.980. The lowest BCUT2D eigenvalue weighted by molar-refractivity contribution is 0.530. The Bertz CT molecular complexity index is 179. The number of hydrogen-bond acceptors (Lipinski definition) is 2. The van der Waals surface area contributed by atoms with Crippen LogP contribution in [0, 0.1) is 0 Å². The maximum atomic E-state index is 5.45. The van der Waals surface area contributed by atoms with Gasteiger partial charge in [-0.3, -0.25) is 0 Å². The summed E-state index contributed by atoms with van der Waals surface area (Å²) in [6, 6.07) is 0.467. The summed E-state index contributed by atoms with van der Waals surface area (Å²) in [5.41, 5.74) is 8.23. The van der Waals surface area contributed by atoms with E-state index in [-0.39, 0.29) is 0 Å². The first-order chi connectivity index (χ1) is 6.35. The minimum atomic E-state index is 0.467. The summed E-state index contributed by atoms with van der Waals surface area (Å²) >= 11 is 0. The van der Waals surface area contributed by atoms with Crippen molar-refractivity contribution >= 4 is 0 Å². The Kier molecular flexibility index (Phi) is 8.42. The summed E-state index contributed by atoms with van der Waals surface area (Å²) < 4.78 is 0. The van der Waals surface area contributed by atoms with Crippen LogP contribution in [0.4, 0.5) is 0 Å². The molecule has 74 valence electrons. The Morgan fingerprint density at radius 3 is 2.92 bits per heavy atom. The Labute approximate surface area is 81.2 Å². The highest BCUT2D eigenvalue weighted by Crippen LogP contribution is 2.01. The highest BCUT2D eigenvalue weighted by atomic mass is 14.9. The molecule has 0 aromatic heterocycles. The third kappa shape index (κ3) is 7.38. The largest absolute Gasteiger partial charge is 0.388 e. The molecule has 0 amide bonds. The van der Waals surface area contributed by atoms with E-state index < -0.39 is 0 Å². The SMILES string of the molecule is C=C=CCC(CCCN)N/C=C\C. The van der Waals surface area contributed by atoms with Gasteiger partial charge in [0, 0.05) is 6.04 Å². The average molecular weight is 180 g/mol. The normalized spacial score (nSPS) is 12.5. The van der Waals surface area contributed by atoms with Gasteiger partial charge >= 0.3 is 0 Å². The number of nitrogens with two attached hydrogens (primary N) is 1. The molecule has 0 spiro atoms. The maximum Gasteiger partial charge on any atom is 0.0296 e. The molecule has 1 unspecified atom stereocenters. The fourth-order valence-electron chi connectivity index (χ4n) is 1.09. The van der Waals surface area contributed by atoms with E-state index in [0.717, 1.165) is 25.8 Å². The van der Waals surface area contributed by atoms with Crippen LogP contribution in [0.1, 0.15) is 26.2 Å².